The van der Waals surface area contributed by atoms with E-state index < -0.39 is 18.8 Å². The molecule has 0 bridgehead atoms. The fraction of sp³-hybridized carbons (Fsp3) is 0.600. The third-order valence-corrected chi connectivity index (χ3v) is 3.57. The van der Waals surface area contributed by atoms with Crippen LogP contribution < -0.4 is 5.73 Å². The highest BCUT2D eigenvalue weighted by molar-refractivity contribution is 5.29. The third-order valence-electron chi connectivity index (χ3n) is 3.57. The lowest BCUT2D eigenvalue weighted by atomic mass is 9.82. The van der Waals surface area contributed by atoms with Crippen molar-refractivity contribution in [1.29, 1.82) is 0 Å². The van der Waals surface area contributed by atoms with E-state index in [0.717, 1.165) is 12.0 Å². The Morgan fingerprint density at radius 2 is 1.70 bits per heavy atom. The Labute approximate surface area is 118 Å². The predicted octanol–water partition coefficient (Wildman–Crippen LogP) is 3.95. The Morgan fingerprint density at radius 1 is 1.15 bits per heavy atom. The average Bonchev–Trinajstić information content (AvgIpc) is 2.37. The molecule has 2 nitrogen and oxygen atoms in total. The van der Waals surface area contributed by atoms with Crippen molar-refractivity contribution in [3.8, 4) is 0 Å². The number of halogens is 3. The molecule has 0 saturated heterocycles. The van der Waals surface area contributed by atoms with E-state index in [-0.39, 0.29) is 12.0 Å². The molecule has 1 atom stereocenters. The molecule has 20 heavy (non-hydrogen) atoms. The molecule has 0 aliphatic heterocycles. The Balaban J connectivity index is 2.60. The second-order valence-electron chi connectivity index (χ2n) is 5.60. The average molecular weight is 289 g/mol. The summed E-state index contributed by atoms with van der Waals surface area (Å²) in [4.78, 5) is 0. The van der Waals surface area contributed by atoms with E-state index in [1.54, 1.807) is 0 Å². The fourth-order valence-corrected chi connectivity index (χ4v) is 1.78. The topological polar surface area (TPSA) is 35.2 Å². The zero-order chi connectivity index (χ0) is 15.4. The van der Waals surface area contributed by atoms with Crippen LogP contribution in [0.1, 0.15) is 44.4 Å². The van der Waals surface area contributed by atoms with Crippen LogP contribution in [0.4, 0.5) is 13.2 Å². The molecular weight excluding hydrogens is 267 g/mol. The molecule has 1 aromatic carbocycles. The normalized spacial score (nSPS) is 14.3. The number of ether oxygens (including phenoxy) is 1. The highest BCUT2D eigenvalue weighted by Crippen LogP contribution is 2.27. The van der Waals surface area contributed by atoms with Crippen molar-refractivity contribution >= 4 is 0 Å². The van der Waals surface area contributed by atoms with Gasteiger partial charge in [0.2, 0.25) is 0 Å². The molecule has 0 spiro atoms. The quantitative estimate of drug-likeness (QED) is 0.860. The van der Waals surface area contributed by atoms with E-state index in [9.17, 15) is 13.2 Å². The minimum Gasteiger partial charge on any atom is -0.370 e. The van der Waals surface area contributed by atoms with Gasteiger partial charge >= 0.3 is 6.18 Å². The Hall–Kier alpha value is -1.07. The lowest BCUT2D eigenvalue weighted by Gasteiger charge is -2.24. The van der Waals surface area contributed by atoms with Crippen molar-refractivity contribution in [2.24, 2.45) is 5.73 Å². The van der Waals surface area contributed by atoms with Crippen molar-refractivity contribution in [2.45, 2.75) is 44.8 Å². The monoisotopic (exact) mass is 289 g/mol. The number of alkyl halides is 3. The maximum Gasteiger partial charge on any atom is 0.411 e. The van der Waals surface area contributed by atoms with Gasteiger partial charge < -0.3 is 10.5 Å². The second-order valence-corrected chi connectivity index (χ2v) is 5.60. The van der Waals surface area contributed by atoms with Gasteiger partial charge in [-0.2, -0.15) is 13.2 Å². The number of hydrogen-bond donors (Lipinski definition) is 1. The van der Waals surface area contributed by atoms with Gasteiger partial charge in [-0.15, -0.1) is 0 Å². The maximum atomic E-state index is 12.0. The van der Waals surface area contributed by atoms with Crippen LogP contribution in [0.25, 0.3) is 0 Å². The van der Waals surface area contributed by atoms with Crippen LogP contribution in [0.5, 0.6) is 0 Å². The predicted molar refractivity (Wildman–Crippen MR) is 73.6 cm³/mol. The van der Waals surface area contributed by atoms with Gasteiger partial charge in [0.1, 0.15) is 6.61 Å². The van der Waals surface area contributed by atoms with Gasteiger partial charge in [0.15, 0.2) is 0 Å². The van der Waals surface area contributed by atoms with Crippen LogP contribution in [0.2, 0.25) is 0 Å². The highest BCUT2D eigenvalue weighted by Gasteiger charge is 2.27. The van der Waals surface area contributed by atoms with Crippen LogP contribution in [0.3, 0.4) is 0 Å². The number of hydrogen-bond acceptors (Lipinski definition) is 2. The van der Waals surface area contributed by atoms with E-state index in [0.29, 0.717) is 0 Å². The van der Waals surface area contributed by atoms with Gasteiger partial charge in [0, 0.05) is 0 Å². The summed E-state index contributed by atoms with van der Waals surface area (Å²) in [6.07, 6.45) is -3.30. The Bertz CT molecular complexity index is 412. The van der Waals surface area contributed by atoms with E-state index in [4.69, 9.17) is 5.73 Å². The molecule has 2 N–H and O–H groups in total. The molecule has 114 valence electrons. The van der Waals surface area contributed by atoms with Gasteiger partial charge in [-0.05, 0) is 23.0 Å². The first-order valence-electron chi connectivity index (χ1n) is 6.66. The summed E-state index contributed by atoms with van der Waals surface area (Å²) in [5.74, 6) is 0. The zero-order valence-electron chi connectivity index (χ0n) is 12.1. The second kappa shape index (κ2) is 6.59. The third kappa shape index (κ3) is 5.13. The standard InChI is InChI=1S/C15H22F3NO/c1-4-14(2,3)12-7-5-11(6-8-12)13(19)9-20-10-15(16,17)18/h5-8,13H,4,9-10,19H2,1-3H3. The van der Waals surface area contributed by atoms with E-state index >= 15 is 0 Å². The molecule has 0 saturated carbocycles. The van der Waals surface area contributed by atoms with Crippen molar-refractivity contribution < 1.29 is 17.9 Å². The Morgan fingerprint density at radius 3 is 2.15 bits per heavy atom. The van der Waals surface area contributed by atoms with Crippen LogP contribution >= 0.6 is 0 Å². The van der Waals surface area contributed by atoms with Crippen LogP contribution in [-0.2, 0) is 10.2 Å². The van der Waals surface area contributed by atoms with Crippen LogP contribution in [0, 0.1) is 0 Å². The van der Waals surface area contributed by atoms with Crippen LogP contribution in [0.15, 0.2) is 24.3 Å². The molecule has 5 heteroatoms. The van der Waals surface area contributed by atoms with Gasteiger partial charge in [0.05, 0.1) is 12.6 Å². The summed E-state index contributed by atoms with van der Waals surface area (Å²) >= 11 is 0. The van der Waals surface area contributed by atoms with Gasteiger partial charge in [-0.1, -0.05) is 45.0 Å². The molecule has 0 aliphatic rings. The van der Waals surface area contributed by atoms with E-state index in [1.807, 2.05) is 24.3 Å². The van der Waals surface area contributed by atoms with E-state index in [1.165, 1.54) is 5.56 Å². The van der Waals surface area contributed by atoms with Crippen LogP contribution in [-0.4, -0.2) is 19.4 Å². The molecule has 0 radical (unpaired) electrons. The molecule has 0 aromatic heterocycles. The molecule has 1 unspecified atom stereocenters. The molecular formula is C15H22F3NO. The number of rotatable bonds is 6. The molecule has 0 heterocycles. The van der Waals surface area contributed by atoms with Crippen molar-refractivity contribution in [2.75, 3.05) is 13.2 Å². The first-order chi connectivity index (χ1) is 9.15. The first-order valence-corrected chi connectivity index (χ1v) is 6.66. The molecule has 1 aromatic rings. The maximum absolute atomic E-state index is 12.0. The minimum absolute atomic E-state index is 0.0788. The van der Waals surface area contributed by atoms with Crippen molar-refractivity contribution in [3.05, 3.63) is 35.4 Å². The molecule has 1 rings (SSSR count). The summed E-state index contributed by atoms with van der Waals surface area (Å²) in [5, 5.41) is 0. The summed E-state index contributed by atoms with van der Waals surface area (Å²) in [5.41, 5.74) is 7.87. The largest absolute Gasteiger partial charge is 0.411 e. The van der Waals surface area contributed by atoms with Crippen molar-refractivity contribution in [3.63, 3.8) is 0 Å². The highest BCUT2D eigenvalue weighted by atomic mass is 19.4. The smallest absolute Gasteiger partial charge is 0.370 e. The minimum atomic E-state index is -4.31. The summed E-state index contributed by atoms with van der Waals surface area (Å²) < 4.78 is 40.5. The first kappa shape index (κ1) is 17.0. The number of nitrogens with two attached hydrogens (primary N) is 1. The fourth-order valence-electron chi connectivity index (χ4n) is 1.78. The summed E-state index contributed by atoms with van der Waals surface area (Å²) in [7, 11) is 0. The molecule has 0 aliphatic carbocycles. The summed E-state index contributed by atoms with van der Waals surface area (Å²) in [6, 6.07) is 7.12. The van der Waals surface area contributed by atoms with E-state index in [2.05, 4.69) is 25.5 Å². The lowest BCUT2D eigenvalue weighted by Crippen LogP contribution is -2.23. The zero-order valence-corrected chi connectivity index (χ0v) is 12.1. The number of benzene rings is 1. The van der Waals surface area contributed by atoms with Gasteiger partial charge in [-0.25, -0.2) is 0 Å². The molecule has 0 amide bonds. The lowest BCUT2D eigenvalue weighted by molar-refractivity contribution is -0.174. The van der Waals surface area contributed by atoms with Crippen molar-refractivity contribution in [1.82, 2.24) is 0 Å². The SMILES string of the molecule is CCC(C)(C)c1ccc(C(N)COCC(F)(F)F)cc1. The van der Waals surface area contributed by atoms with Gasteiger partial charge in [-0.3, -0.25) is 0 Å². The Kier molecular flexibility index (Phi) is 5.59. The molecule has 0 fully saturated rings. The van der Waals surface area contributed by atoms with Gasteiger partial charge in [0.25, 0.3) is 0 Å². The summed E-state index contributed by atoms with van der Waals surface area (Å²) in [6.45, 7) is 5.01.